The van der Waals surface area contributed by atoms with Crippen LogP contribution in [0.5, 0.6) is 0 Å². The standard InChI is InChI=1S/C14H8N2.HI/c1-2-6-12-10(5-1)11-7-3-4-9-8-15-16-14(12)13(9)11;/h1-8H;1H. The van der Waals surface area contributed by atoms with E-state index in [-0.39, 0.29) is 24.0 Å². The molecule has 0 spiro atoms. The van der Waals surface area contributed by atoms with Crippen molar-refractivity contribution in [3.63, 3.8) is 0 Å². The molecule has 0 bridgehead atoms. The summed E-state index contributed by atoms with van der Waals surface area (Å²) >= 11 is 0. The number of H-pyrrole nitrogens is 1. The van der Waals surface area contributed by atoms with Crippen LogP contribution >= 0.6 is 0 Å². The minimum absolute atomic E-state index is 0. The Morgan fingerprint density at radius 3 is 2.47 bits per heavy atom. The molecule has 0 atom stereocenters. The fourth-order valence-electron chi connectivity index (χ4n) is 2.52. The molecule has 0 aliphatic heterocycles. The van der Waals surface area contributed by atoms with Crippen molar-refractivity contribution in [1.29, 1.82) is 0 Å². The largest absolute Gasteiger partial charge is 1.00 e. The zero-order valence-electron chi connectivity index (χ0n) is 8.94. The third kappa shape index (κ3) is 1.32. The Bertz CT molecular complexity index is 664. The van der Waals surface area contributed by atoms with Crippen LogP contribution in [0.3, 0.4) is 0 Å². The van der Waals surface area contributed by atoms with Crippen LogP contribution < -0.4 is 29.1 Å². The summed E-state index contributed by atoms with van der Waals surface area (Å²) in [6.45, 7) is 0. The molecule has 1 aliphatic carbocycles. The number of benzene rings is 2. The quantitative estimate of drug-likeness (QED) is 0.406. The predicted molar refractivity (Wildman–Crippen MR) is 62.7 cm³/mol. The number of hydrogen-bond acceptors (Lipinski definition) is 1. The van der Waals surface area contributed by atoms with E-state index in [1.807, 2.05) is 6.20 Å². The number of aromatic nitrogens is 2. The van der Waals surface area contributed by atoms with Gasteiger partial charge in [0.2, 0.25) is 6.20 Å². The van der Waals surface area contributed by atoms with Crippen LogP contribution in [-0.2, 0) is 0 Å². The maximum atomic E-state index is 4.39. The van der Waals surface area contributed by atoms with Crippen LogP contribution in [0, 0.1) is 0 Å². The van der Waals surface area contributed by atoms with Gasteiger partial charge in [-0.05, 0) is 22.3 Å². The van der Waals surface area contributed by atoms with Crippen molar-refractivity contribution < 1.29 is 29.1 Å². The van der Waals surface area contributed by atoms with Gasteiger partial charge in [-0.1, -0.05) is 36.4 Å². The van der Waals surface area contributed by atoms with Gasteiger partial charge in [0.25, 0.3) is 0 Å². The molecule has 0 saturated heterocycles. The summed E-state index contributed by atoms with van der Waals surface area (Å²) < 4.78 is 0. The maximum absolute atomic E-state index is 4.39. The van der Waals surface area contributed by atoms with E-state index < -0.39 is 0 Å². The van der Waals surface area contributed by atoms with Gasteiger partial charge in [-0.15, -0.1) is 5.10 Å². The first-order valence-corrected chi connectivity index (χ1v) is 5.35. The Hall–Kier alpha value is -1.49. The molecule has 4 rings (SSSR count). The molecule has 0 saturated carbocycles. The average Bonchev–Trinajstić information content (AvgIpc) is 2.68. The molecule has 2 nitrogen and oxygen atoms in total. The molecule has 0 fully saturated rings. The van der Waals surface area contributed by atoms with Crippen LogP contribution in [0.25, 0.3) is 33.2 Å². The summed E-state index contributed by atoms with van der Waals surface area (Å²) in [5.74, 6) is 0. The first-order chi connectivity index (χ1) is 7.95. The second-order valence-corrected chi connectivity index (χ2v) is 4.05. The molecular formula is C14H9IN2. The summed E-state index contributed by atoms with van der Waals surface area (Å²) in [6, 6.07) is 14.8. The number of fused-ring (bicyclic) bond motifs is 3. The zero-order valence-corrected chi connectivity index (χ0v) is 11.1. The van der Waals surface area contributed by atoms with Gasteiger partial charge in [-0.25, -0.2) is 0 Å². The maximum Gasteiger partial charge on any atom is 0.201 e. The smallest absolute Gasteiger partial charge is 0.201 e. The zero-order chi connectivity index (χ0) is 10.5. The summed E-state index contributed by atoms with van der Waals surface area (Å²) in [5.41, 5.74) is 4.88. The first-order valence-electron chi connectivity index (χ1n) is 5.35. The van der Waals surface area contributed by atoms with Gasteiger partial charge in [0, 0.05) is 10.9 Å². The molecular weight excluding hydrogens is 323 g/mol. The molecule has 2 aromatic carbocycles. The van der Waals surface area contributed by atoms with Crippen LogP contribution in [0.15, 0.2) is 48.7 Å². The summed E-state index contributed by atoms with van der Waals surface area (Å²) in [7, 11) is 0. The van der Waals surface area contributed by atoms with Gasteiger partial charge in [0.05, 0.1) is 5.39 Å². The Labute approximate surface area is 116 Å². The number of hydrogen-bond donors (Lipinski definition) is 0. The summed E-state index contributed by atoms with van der Waals surface area (Å²) in [6.07, 6.45) is 1.95. The van der Waals surface area contributed by atoms with E-state index in [1.165, 1.54) is 27.5 Å². The fraction of sp³-hybridized carbons (Fsp3) is 0. The lowest BCUT2D eigenvalue weighted by Crippen LogP contribution is -3.00. The van der Waals surface area contributed by atoms with E-state index in [1.54, 1.807) is 0 Å². The van der Waals surface area contributed by atoms with Crippen molar-refractivity contribution in [1.82, 2.24) is 5.10 Å². The van der Waals surface area contributed by atoms with Crippen molar-refractivity contribution in [3.8, 4) is 22.4 Å². The highest BCUT2D eigenvalue weighted by Crippen LogP contribution is 2.44. The number of halogens is 1. The Kier molecular flexibility index (Phi) is 2.36. The van der Waals surface area contributed by atoms with Gasteiger partial charge in [-0.3, -0.25) is 0 Å². The van der Waals surface area contributed by atoms with Gasteiger partial charge in [-0.2, -0.15) is 0 Å². The molecule has 0 unspecified atom stereocenters. The van der Waals surface area contributed by atoms with E-state index >= 15 is 0 Å². The summed E-state index contributed by atoms with van der Waals surface area (Å²) in [4.78, 5) is 0. The molecule has 1 heterocycles. The highest BCUT2D eigenvalue weighted by atomic mass is 127. The van der Waals surface area contributed by atoms with Gasteiger partial charge < -0.3 is 24.0 Å². The normalized spacial score (nSPS) is 11.1. The van der Waals surface area contributed by atoms with Crippen LogP contribution in [0.1, 0.15) is 0 Å². The van der Waals surface area contributed by atoms with Crippen LogP contribution in [-0.4, -0.2) is 5.10 Å². The van der Waals surface area contributed by atoms with E-state index in [2.05, 4.69) is 52.7 Å². The minimum Gasteiger partial charge on any atom is -1.00 e. The second-order valence-electron chi connectivity index (χ2n) is 4.05. The van der Waals surface area contributed by atoms with Crippen molar-refractivity contribution in [2.45, 2.75) is 0 Å². The highest BCUT2D eigenvalue weighted by Gasteiger charge is 2.23. The molecule has 1 aromatic heterocycles. The topological polar surface area (TPSA) is 27.0 Å². The Balaban J connectivity index is 0.000000902. The SMILES string of the molecule is [I-].c1ccc2c(c1)-c1cccc3c[nH+]nc-2c13. The van der Waals surface area contributed by atoms with Gasteiger partial charge in [0.1, 0.15) is 5.69 Å². The minimum atomic E-state index is 0. The first kappa shape index (κ1) is 10.7. The Morgan fingerprint density at radius 1 is 0.824 bits per heavy atom. The lowest BCUT2D eigenvalue weighted by atomic mass is 10.1. The number of aromatic amines is 1. The molecule has 3 heteroatoms. The fourth-order valence-corrected chi connectivity index (χ4v) is 2.52. The average molecular weight is 332 g/mol. The molecule has 1 N–H and O–H groups in total. The summed E-state index contributed by atoms with van der Waals surface area (Å²) in [5, 5.41) is 9.86. The number of nitrogens with one attached hydrogen (secondary N) is 1. The predicted octanol–water partition coefficient (Wildman–Crippen LogP) is -0.300. The van der Waals surface area contributed by atoms with E-state index in [9.17, 15) is 0 Å². The molecule has 3 aromatic rings. The van der Waals surface area contributed by atoms with Crippen LogP contribution in [0.4, 0.5) is 0 Å². The van der Waals surface area contributed by atoms with E-state index in [0.29, 0.717) is 0 Å². The highest BCUT2D eigenvalue weighted by molar-refractivity contribution is 6.13. The Morgan fingerprint density at radius 2 is 1.59 bits per heavy atom. The molecule has 0 amide bonds. The number of nitrogens with zero attached hydrogens (tertiary/aromatic N) is 1. The van der Waals surface area contributed by atoms with Crippen LogP contribution in [0.2, 0.25) is 0 Å². The molecule has 17 heavy (non-hydrogen) atoms. The second kappa shape index (κ2) is 3.77. The molecule has 82 valence electrons. The van der Waals surface area contributed by atoms with Gasteiger partial charge >= 0.3 is 0 Å². The van der Waals surface area contributed by atoms with Crippen molar-refractivity contribution in [2.24, 2.45) is 0 Å². The lowest BCUT2D eigenvalue weighted by molar-refractivity contribution is -0.451. The van der Waals surface area contributed by atoms with Crippen molar-refractivity contribution in [3.05, 3.63) is 48.7 Å². The lowest BCUT2D eigenvalue weighted by Gasteiger charge is -1.98. The molecule has 1 aliphatic rings. The van der Waals surface area contributed by atoms with E-state index in [4.69, 9.17) is 0 Å². The third-order valence-electron chi connectivity index (χ3n) is 3.20. The van der Waals surface area contributed by atoms with Gasteiger partial charge in [0.15, 0.2) is 0 Å². The molecule has 0 radical (unpaired) electrons. The third-order valence-corrected chi connectivity index (χ3v) is 3.20. The monoisotopic (exact) mass is 332 g/mol. The van der Waals surface area contributed by atoms with E-state index in [0.717, 1.165) is 5.69 Å². The number of rotatable bonds is 0. The van der Waals surface area contributed by atoms with Crippen molar-refractivity contribution in [2.75, 3.05) is 0 Å². The van der Waals surface area contributed by atoms with Crippen molar-refractivity contribution >= 4 is 10.8 Å².